The van der Waals surface area contributed by atoms with Crippen LogP contribution in [0, 0.1) is 0 Å². The highest BCUT2D eigenvalue weighted by Crippen LogP contribution is 2.26. The number of hydrogen-bond acceptors (Lipinski definition) is 2. The second kappa shape index (κ2) is 9.36. The van der Waals surface area contributed by atoms with Gasteiger partial charge in [0.05, 0.1) is 26.1 Å². The monoisotopic (exact) mass is 372 g/mol. The number of benzene rings is 1. The molecule has 3 N–H and O–H groups in total. The Morgan fingerprint density at radius 1 is 0.963 bits per heavy atom. The molecule has 27 heavy (non-hydrogen) atoms. The van der Waals surface area contributed by atoms with Crippen molar-refractivity contribution in [3.05, 3.63) is 29.8 Å². The highest BCUT2D eigenvalue weighted by molar-refractivity contribution is 5.88. The number of quaternary nitrogens is 1. The van der Waals surface area contributed by atoms with E-state index in [1.165, 1.54) is 71.4 Å². The van der Waals surface area contributed by atoms with Crippen LogP contribution in [-0.4, -0.2) is 37.0 Å². The fraction of sp³-hybridized carbons (Fsp3) is 0.636. The Balaban J connectivity index is 1.55. The minimum absolute atomic E-state index is 0.0847. The molecular formula is C22H34N3O2+. The van der Waals surface area contributed by atoms with Crippen LogP contribution in [-0.2, 0) is 16.0 Å². The largest absolute Gasteiger partial charge is 0.350 e. The Morgan fingerprint density at radius 3 is 2.22 bits per heavy atom. The Labute approximate surface area is 162 Å². The van der Waals surface area contributed by atoms with Crippen LogP contribution in [0.1, 0.15) is 63.9 Å². The molecule has 0 bridgehead atoms. The molecule has 1 aliphatic carbocycles. The maximum absolute atomic E-state index is 12.6. The predicted molar refractivity (Wildman–Crippen MR) is 108 cm³/mol. The van der Waals surface area contributed by atoms with Gasteiger partial charge in [-0.2, -0.15) is 0 Å². The van der Waals surface area contributed by atoms with Gasteiger partial charge < -0.3 is 15.5 Å². The van der Waals surface area contributed by atoms with Gasteiger partial charge in [-0.25, -0.2) is 0 Å². The molecule has 5 heteroatoms. The van der Waals surface area contributed by atoms with Gasteiger partial charge in [0, 0.05) is 25.5 Å². The minimum Gasteiger partial charge on any atom is -0.350 e. The van der Waals surface area contributed by atoms with Gasteiger partial charge in [-0.1, -0.05) is 18.6 Å². The van der Waals surface area contributed by atoms with E-state index >= 15 is 0 Å². The standard InChI is InChI=1S/C22H33N3O2/c1-18(26)24-20-10-8-19(9-11-20)16-21(27)23-17-22(12-4-2-5-13-22)25-14-6-3-7-15-25/h8-11H,2-7,12-17H2,1H3,(H,23,27)(H,24,26)/p+1. The number of carbonyl (C=O) groups is 2. The van der Waals surface area contributed by atoms with E-state index in [0.717, 1.165) is 17.8 Å². The van der Waals surface area contributed by atoms with Crippen molar-refractivity contribution in [2.45, 2.75) is 70.3 Å². The zero-order valence-corrected chi connectivity index (χ0v) is 16.6. The van der Waals surface area contributed by atoms with Gasteiger partial charge in [-0.15, -0.1) is 0 Å². The summed E-state index contributed by atoms with van der Waals surface area (Å²) in [7, 11) is 0. The minimum atomic E-state index is -0.0847. The molecule has 5 nitrogen and oxygen atoms in total. The van der Waals surface area contributed by atoms with Crippen molar-refractivity contribution in [1.82, 2.24) is 5.32 Å². The number of anilines is 1. The van der Waals surface area contributed by atoms with Crippen molar-refractivity contribution >= 4 is 17.5 Å². The number of piperidine rings is 1. The SMILES string of the molecule is CC(=O)Nc1ccc(CC(=O)NCC2([NH+]3CCCCC3)CCCCC2)cc1. The number of nitrogens with one attached hydrogen (secondary N) is 3. The van der Waals surface area contributed by atoms with Gasteiger partial charge in [0.15, 0.2) is 0 Å². The smallest absolute Gasteiger partial charge is 0.224 e. The average molecular weight is 373 g/mol. The van der Waals surface area contributed by atoms with Crippen molar-refractivity contribution in [3.8, 4) is 0 Å². The molecule has 148 valence electrons. The summed E-state index contributed by atoms with van der Waals surface area (Å²) < 4.78 is 0. The van der Waals surface area contributed by atoms with Gasteiger partial charge in [-0.05, 0) is 49.8 Å². The maximum atomic E-state index is 12.6. The molecule has 2 fully saturated rings. The third kappa shape index (κ3) is 5.55. The number of hydrogen-bond donors (Lipinski definition) is 3. The third-order valence-electron chi connectivity index (χ3n) is 6.28. The van der Waals surface area contributed by atoms with Crippen molar-refractivity contribution in [1.29, 1.82) is 0 Å². The van der Waals surface area contributed by atoms with E-state index < -0.39 is 0 Å². The van der Waals surface area contributed by atoms with Crippen LogP contribution in [0.4, 0.5) is 5.69 Å². The zero-order valence-electron chi connectivity index (χ0n) is 16.6. The lowest BCUT2D eigenvalue weighted by molar-refractivity contribution is -0.957. The molecule has 1 aromatic carbocycles. The van der Waals surface area contributed by atoms with Crippen molar-refractivity contribution in [2.24, 2.45) is 0 Å². The molecule has 0 spiro atoms. The summed E-state index contributed by atoms with van der Waals surface area (Å²) in [5.74, 6) is 0.0159. The van der Waals surface area contributed by atoms with E-state index in [1.54, 1.807) is 4.90 Å². The highest BCUT2D eigenvalue weighted by Gasteiger charge is 2.42. The van der Waals surface area contributed by atoms with Crippen molar-refractivity contribution in [2.75, 3.05) is 25.0 Å². The molecule has 1 aromatic rings. The Bertz CT molecular complexity index is 629. The van der Waals surface area contributed by atoms with Crippen molar-refractivity contribution < 1.29 is 14.5 Å². The lowest BCUT2D eigenvalue weighted by Crippen LogP contribution is -3.22. The normalized spacial score (nSPS) is 20.0. The summed E-state index contributed by atoms with van der Waals surface area (Å²) in [4.78, 5) is 25.4. The van der Waals surface area contributed by atoms with E-state index in [9.17, 15) is 9.59 Å². The van der Waals surface area contributed by atoms with Gasteiger partial charge in [0.1, 0.15) is 5.54 Å². The first-order valence-corrected chi connectivity index (χ1v) is 10.6. The molecule has 1 saturated heterocycles. The van der Waals surface area contributed by atoms with Gasteiger partial charge in [0.25, 0.3) is 0 Å². The van der Waals surface area contributed by atoms with Crippen LogP contribution in [0.25, 0.3) is 0 Å². The second-order valence-corrected chi connectivity index (χ2v) is 8.34. The topological polar surface area (TPSA) is 62.6 Å². The van der Waals surface area contributed by atoms with Gasteiger partial charge >= 0.3 is 0 Å². The van der Waals surface area contributed by atoms with Crippen LogP contribution in [0.3, 0.4) is 0 Å². The van der Waals surface area contributed by atoms with E-state index in [4.69, 9.17) is 0 Å². The third-order valence-corrected chi connectivity index (χ3v) is 6.28. The molecular weight excluding hydrogens is 338 g/mol. The molecule has 1 saturated carbocycles. The fourth-order valence-corrected chi connectivity index (χ4v) is 4.82. The van der Waals surface area contributed by atoms with Crippen molar-refractivity contribution in [3.63, 3.8) is 0 Å². The number of rotatable bonds is 6. The number of carbonyl (C=O) groups excluding carboxylic acids is 2. The number of amides is 2. The van der Waals surface area contributed by atoms with Gasteiger partial charge in [0.2, 0.25) is 11.8 Å². The molecule has 2 amide bonds. The van der Waals surface area contributed by atoms with E-state index in [0.29, 0.717) is 6.42 Å². The molecule has 2 aliphatic rings. The highest BCUT2D eigenvalue weighted by atomic mass is 16.2. The average Bonchev–Trinajstić information content (AvgIpc) is 2.69. The van der Waals surface area contributed by atoms with Crippen LogP contribution in [0.2, 0.25) is 0 Å². The summed E-state index contributed by atoms with van der Waals surface area (Å²) in [6.45, 7) is 4.83. The molecule has 0 atom stereocenters. The van der Waals surface area contributed by atoms with E-state index in [1.807, 2.05) is 24.3 Å². The van der Waals surface area contributed by atoms with E-state index in [2.05, 4.69) is 10.6 Å². The van der Waals surface area contributed by atoms with Crippen LogP contribution in [0.5, 0.6) is 0 Å². The zero-order chi connectivity index (χ0) is 19.1. The van der Waals surface area contributed by atoms with Crippen LogP contribution >= 0.6 is 0 Å². The second-order valence-electron chi connectivity index (χ2n) is 8.34. The van der Waals surface area contributed by atoms with Crippen LogP contribution in [0.15, 0.2) is 24.3 Å². The predicted octanol–water partition coefficient (Wildman–Crippen LogP) is 2.08. The van der Waals surface area contributed by atoms with Gasteiger partial charge in [-0.3, -0.25) is 9.59 Å². The molecule has 0 unspecified atom stereocenters. The lowest BCUT2D eigenvalue weighted by atomic mass is 9.79. The van der Waals surface area contributed by atoms with Crippen LogP contribution < -0.4 is 15.5 Å². The maximum Gasteiger partial charge on any atom is 0.224 e. The molecule has 0 aromatic heterocycles. The lowest BCUT2D eigenvalue weighted by Gasteiger charge is -2.45. The quantitative estimate of drug-likeness (QED) is 0.716. The molecule has 1 aliphatic heterocycles. The summed E-state index contributed by atoms with van der Waals surface area (Å²) in [6, 6.07) is 7.53. The van der Waals surface area contributed by atoms with E-state index in [-0.39, 0.29) is 17.4 Å². The Morgan fingerprint density at radius 2 is 1.59 bits per heavy atom. The first-order chi connectivity index (χ1) is 13.1. The summed E-state index contributed by atoms with van der Waals surface area (Å²) in [6.07, 6.45) is 10.8. The Kier molecular flexibility index (Phi) is 6.89. The molecule has 3 rings (SSSR count). The summed E-state index contributed by atoms with van der Waals surface area (Å²) >= 11 is 0. The summed E-state index contributed by atoms with van der Waals surface area (Å²) in [5.41, 5.74) is 2.00. The first-order valence-electron chi connectivity index (χ1n) is 10.6. The fourth-order valence-electron chi connectivity index (χ4n) is 4.82. The first kappa shape index (κ1) is 19.9. The summed E-state index contributed by atoms with van der Waals surface area (Å²) in [5, 5.41) is 6.01. The molecule has 0 radical (unpaired) electrons. The number of likely N-dealkylation sites (tertiary alicyclic amines) is 1. The Hall–Kier alpha value is -1.88. The molecule has 1 heterocycles.